The summed E-state index contributed by atoms with van der Waals surface area (Å²) in [5, 5.41) is 0.595. The number of benzene rings is 1. The largest absolute Gasteiger partial charge is 0.495 e. The fourth-order valence-corrected chi connectivity index (χ4v) is 2.56. The highest BCUT2D eigenvalue weighted by Gasteiger charge is 2.07. The average molecular weight is 390 g/mol. The van der Waals surface area contributed by atoms with Crippen LogP contribution in [0.15, 0.2) is 43.1 Å². The molecule has 2 heterocycles. The molecular weight excluding hydrogens is 371 g/mol. The van der Waals surface area contributed by atoms with Gasteiger partial charge >= 0.3 is 0 Å². The molecule has 0 radical (unpaired) electrons. The smallest absolute Gasteiger partial charge is 0.139 e. The highest BCUT2D eigenvalue weighted by molar-refractivity contribution is 6.32. The third-order valence-corrected chi connectivity index (χ3v) is 3.83. The lowest BCUT2D eigenvalue weighted by molar-refractivity contribution is 0.415. The van der Waals surface area contributed by atoms with E-state index in [1.807, 2.05) is 41.4 Å². The number of imidazole rings is 2. The number of ether oxygens (including phenoxy) is 1. The summed E-state index contributed by atoms with van der Waals surface area (Å²) in [6.45, 7) is 2.80. The molecule has 8 heteroatoms. The molecule has 3 rings (SSSR count). The van der Waals surface area contributed by atoms with E-state index in [0.717, 1.165) is 23.6 Å². The predicted molar refractivity (Wildman–Crippen MR) is 100 cm³/mol. The van der Waals surface area contributed by atoms with Crippen molar-refractivity contribution < 1.29 is 4.74 Å². The summed E-state index contributed by atoms with van der Waals surface area (Å²) in [5.41, 5.74) is 1.93. The molecule has 0 N–H and O–H groups in total. The van der Waals surface area contributed by atoms with Gasteiger partial charge in [-0.1, -0.05) is 18.5 Å². The highest BCUT2D eigenvalue weighted by Crippen LogP contribution is 2.26. The quantitative estimate of drug-likeness (QED) is 0.657. The Balaban J connectivity index is 0.00000144. The predicted octanol–water partition coefficient (Wildman–Crippen LogP) is 4.19. The SMILES string of the molecule is CCc1nccn1Cc1cn(-c2ccc(Cl)c(OC)c2)cn1.Cl.Cl. The summed E-state index contributed by atoms with van der Waals surface area (Å²) in [4.78, 5) is 8.79. The van der Waals surface area contributed by atoms with Gasteiger partial charge in [-0.25, -0.2) is 9.97 Å². The number of aromatic nitrogens is 4. The van der Waals surface area contributed by atoms with Crippen molar-refractivity contribution in [1.82, 2.24) is 19.1 Å². The lowest BCUT2D eigenvalue weighted by Crippen LogP contribution is -2.03. The van der Waals surface area contributed by atoms with Crippen LogP contribution in [0.2, 0.25) is 5.02 Å². The van der Waals surface area contributed by atoms with Gasteiger partial charge in [-0.3, -0.25) is 0 Å². The number of rotatable bonds is 5. The third kappa shape index (κ3) is 4.23. The van der Waals surface area contributed by atoms with Crippen LogP contribution in [0.25, 0.3) is 5.69 Å². The maximum atomic E-state index is 6.06. The van der Waals surface area contributed by atoms with Gasteiger partial charge < -0.3 is 13.9 Å². The van der Waals surface area contributed by atoms with Crippen molar-refractivity contribution in [2.24, 2.45) is 0 Å². The van der Waals surface area contributed by atoms with E-state index >= 15 is 0 Å². The van der Waals surface area contributed by atoms with E-state index in [1.54, 1.807) is 13.4 Å². The second-order valence-electron chi connectivity index (χ2n) is 4.92. The zero-order valence-electron chi connectivity index (χ0n) is 13.3. The minimum absolute atomic E-state index is 0. The normalized spacial score (nSPS) is 9.96. The van der Waals surface area contributed by atoms with Gasteiger partial charge in [0.1, 0.15) is 11.6 Å². The van der Waals surface area contributed by atoms with Crippen molar-refractivity contribution in [1.29, 1.82) is 0 Å². The Labute approximate surface area is 158 Å². The Hall–Kier alpha value is -1.69. The molecule has 0 atom stereocenters. The van der Waals surface area contributed by atoms with E-state index in [1.165, 1.54) is 0 Å². The first-order chi connectivity index (χ1) is 10.7. The molecular formula is C16H19Cl3N4O. The minimum Gasteiger partial charge on any atom is -0.495 e. The maximum Gasteiger partial charge on any atom is 0.139 e. The second-order valence-corrected chi connectivity index (χ2v) is 5.32. The van der Waals surface area contributed by atoms with Gasteiger partial charge in [0.15, 0.2) is 0 Å². The molecule has 0 aliphatic rings. The molecule has 0 saturated heterocycles. The molecule has 0 fully saturated rings. The molecule has 5 nitrogen and oxygen atoms in total. The first kappa shape index (κ1) is 20.4. The van der Waals surface area contributed by atoms with Crippen LogP contribution in [0.5, 0.6) is 5.75 Å². The molecule has 0 saturated carbocycles. The molecule has 0 amide bonds. The summed E-state index contributed by atoms with van der Waals surface area (Å²) in [6, 6.07) is 5.65. The van der Waals surface area contributed by atoms with Crippen LogP contribution in [-0.4, -0.2) is 26.2 Å². The molecule has 1 aromatic carbocycles. The molecule has 0 bridgehead atoms. The Morgan fingerprint density at radius 1 is 1.21 bits per heavy atom. The minimum atomic E-state index is 0. The van der Waals surface area contributed by atoms with E-state index in [4.69, 9.17) is 16.3 Å². The summed E-state index contributed by atoms with van der Waals surface area (Å²) in [7, 11) is 1.61. The molecule has 0 unspecified atom stereocenters. The molecule has 0 spiro atoms. The summed E-state index contributed by atoms with van der Waals surface area (Å²) < 4.78 is 9.31. The summed E-state index contributed by atoms with van der Waals surface area (Å²) in [5.74, 6) is 1.71. The average Bonchev–Trinajstić information content (AvgIpc) is 3.17. The number of halogens is 3. The van der Waals surface area contributed by atoms with Crippen molar-refractivity contribution in [2.75, 3.05) is 7.11 Å². The maximum absolute atomic E-state index is 6.06. The number of hydrogen-bond donors (Lipinski definition) is 0. The van der Waals surface area contributed by atoms with Gasteiger partial charge in [0.2, 0.25) is 0 Å². The van der Waals surface area contributed by atoms with E-state index in [-0.39, 0.29) is 24.8 Å². The lowest BCUT2D eigenvalue weighted by atomic mass is 10.3. The van der Waals surface area contributed by atoms with Crippen molar-refractivity contribution in [3.8, 4) is 11.4 Å². The number of aryl methyl sites for hydroxylation is 1. The second kappa shape index (κ2) is 8.97. The van der Waals surface area contributed by atoms with Gasteiger partial charge in [-0.05, 0) is 12.1 Å². The Kier molecular flexibility index (Phi) is 7.60. The molecule has 130 valence electrons. The fraction of sp³-hybridized carbons (Fsp3) is 0.250. The molecule has 0 aliphatic carbocycles. The molecule has 2 aromatic heterocycles. The van der Waals surface area contributed by atoms with Crippen LogP contribution in [0.4, 0.5) is 0 Å². The highest BCUT2D eigenvalue weighted by atomic mass is 35.5. The number of nitrogens with zero attached hydrogens (tertiary/aromatic N) is 4. The molecule has 0 aliphatic heterocycles. The zero-order valence-corrected chi connectivity index (χ0v) is 15.7. The van der Waals surface area contributed by atoms with Gasteiger partial charge in [0.25, 0.3) is 0 Å². The van der Waals surface area contributed by atoms with Crippen LogP contribution in [0.1, 0.15) is 18.4 Å². The topological polar surface area (TPSA) is 44.9 Å². The first-order valence-electron chi connectivity index (χ1n) is 7.08. The molecule has 24 heavy (non-hydrogen) atoms. The van der Waals surface area contributed by atoms with Gasteiger partial charge in [-0.15, -0.1) is 24.8 Å². The van der Waals surface area contributed by atoms with Crippen LogP contribution in [0.3, 0.4) is 0 Å². The van der Waals surface area contributed by atoms with E-state index in [2.05, 4.69) is 21.5 Å². The van der Waals surface area contributed by atoms with Crippen molar-refractivity contribution in [2.45, 2.75) is 19.9 Å². The van der Waals surface area contributed by atoms with Crippen molar-refractivity contribution in [3.63, 3.8) is 0 Å². The van der Waals surface area contributed by atoms with Crippen LogP contribution >= 0.6 is 36.4 Å². The van der Waals surface area contributed by atoms with Crippen molar-refractivity contribution in [3.05, 3.63) is 59.7 Å². The molecule has 3 aromatic rings. The Morgan fingerprint density at radius 2 is 2.00 bits per heavy atom. The van der Waals surface area contributed by atoms with Gasteiger partial charge in [0.05, 0.1) is 36.4 Å². The Morgan fingerprint density at radius 3 is 2.71 bits per heavy atom. The Bertz CT molecular complexity index is 785. The zero-order chi connectivity index (χ0) is 15.5. The van der Waals surface area contributed by atoms with Crippen LogP contribution in [0, 0.1) is 0 Å². The fourth-order valence-electron chi connectivity index (χ4n) is 2.37. The van der Waals surface area contributed by atoms with Gasteiger partial charge in [-0.2, -0.15) is 0 Å². The third-order valence-electron chi connectivity index (χ3n) is 3.52. The van der Waals surface area contributed by atoms with Crippen LogP contribution < -0.4 is 4.74 Å². The van der Waals surface area contributed by atoms with Gasteiger partial charge in [0, 0.05) is 31.1 Å². The van der Waals surface area contributed by atoms with Crippen molar-refractivity contribution >= 4 is 36.4 Å². The summed E-state index contributed by atoms with van der Waals surface area (Å²) in [6.07, 6.45) is 8.49. The number of hydrogen-bond acceptors (Lipinski definition) is 3. The van der Waals surface area contributed by atoms with E-state index < -0.39 is 0 Å². The van der Waals surface area contributed by atoms with Crippen LogP contribution in [-0.2, 0) is 13.0 Å². The monoisotopic (exact) mass is 388 g/mol. The van der Waals surface area contributed by atoms with E-state index in [0.29, 0.717) is 17.3 Å². The first-order valence-corrected chi connectivity index (χ1v) is 7.46. The standard InChI is InChI=1S/C16H17ClN4O.2ClH/c1-3-16-18-6-7-20(16)9-12-10-21(11-19-12)13-4-5-14(17)15(8-13)22-2;;/h4-8,10-11H,3,9H2,1-2H3;2*1H. The lowest BCUT2D eigenvalue weighted by Gasteiger charge is -2.07. The summed E-state index contributed by atoms with van der Waals surface area (Å²) >= 11 is 6.06. The number of methoxy groups -OCH3 is 1. The van der Waals surface area contributed by atoms with E-state index in [9.17, 15) is 0 Å².